The van der Waals surface area contributed by atoms with Crippen LogP contribution in [-0.4, -0.2) is 35.0 Å². The molecule has 196 valence electrons. The fourth-order valence-corrected chi connectivity index (χ4v) is 4.57. The summed E-state index contributed by atoms with van der Waals surface area (Å²) in [5.41, 5.74) is 8.94. The quantitative estimate of drug-likeness (QED) is 0.268. The van der Waals surface area contributed by atoms with Gasteiger partial charge in [0.2, 0.25) is 0 Å². The molecule has 0 fully saturated rings. The third-order valence-corrected chi connectivity index (χ3v) is 6.54. The lowest BCUT2D eigenvalue weighted by atomic mass is 9.96. The first-order valence-corrected chi connectivity index (χ1v) is 13.0. The van der Waals surface area contributed by atoms with Crippen LogP contribution in [0, 0.1) is 6.92 Å². The number of hydrogen-bond donors (Lipinski definition) is 1. The molecule has 0 radical (unpaired) electrons. The number of carbonyl (C=O) groups excluding carboxylic acids is 1. The largest absolute Gasteiger partial charge is 0.494 e. The second-order valence-corrected chi connectivity index (χ2v) is 9.91. The first-order valence-electron chi connectivity index (χ1n) is 12.2. The SMILES string of the molecule is CCOc1cc(C)c(-c2nc3ccccc3c(=O)n2N=Cc2ccc(OCC(N)=O)c(Br)c2)cc1C(C)C. The van der Waals surface area contributed by atoms with Crippen LogP contribution in [0.4, 0.5) is 0 Å². The summed E-state index contributed by atoms with van der Waals surface area (Å²) in [6.07, 6.45) is 1.58. The number of aryl methyl sites for hydroxylation is 1. The molecular formula is C29H29BrN4O4. The molecule has 9 heteroatoms. The maximum absolute atomic E-state index is 13.6. The van der Waals surface area contributed by atoms with Gasteiger partial charge in [0.1, 0.15) is 11.5 Å². The van der Waals surface area contributed by atoms with Crippen molar-refractivity contribution >= 4 is 39.0 Å². The van der Waals surface area contributed by atoms with Crippen molar-refractivity contribution in [3.63, 3.8) is 0 Å². The summed E-state index contributed by atoms with van der Waals surface area (Å²) < 4.78 is 13.2. The Balaban J connectivity index is 1.86. The van der Waals surface area contributed by atoms with Gasteiger partial charge < -0.3 is 15.2 Å². The third-order valence-electron chi connectivity index (χ3n) is 5.92. The van der Waals surface area contributed by atoms with Gasteiger partial charge in [0.15, 0.2) is 12.4 Å². The molecule has 0 aliphatic rings. The Hall–Kier alpha value is -3.98. The highest BCUT2D eigenvalue weighted by molar-refractivity contribution is 9.10. The van der Waals surface area contributed by atoms with Crippen LogP contribution in [0.25, 0.3) is 22.3 Å². The molecule has 8 nitrogen and oxygen atoms in total. The van der Waals surface area contributed by atoms with E-state index in [1.54, 1.807) is 36.5 Å². The van der Waals surface area contributed by atoms with Gasteiger partial charge >= 0.3 is 0 Å². The Morgan fingerprint density at radius 2 is 1.89 bits per heavy atom. The van der Waals surface area contributed by atoms with E-state index in [4.69, 9.17) is 20.2 Å². The number of primary amides is 1. The molecule has 38 heavy (non-hydrogen) atoms. The number of amides is 1. The van der Waals surface area contributed by atoms with E-state index in [9.17, 15) is 9.59 Å². The van der Waals surface area contributed by atoms with Gasteiger partial charge in [-0.15, -0.1) is 0 Å². The number of carbonyl (C=O) groups is 1. The summed E-state index contributed by atoms with van der Waals surface area (Å²) in [6.45, 7) is 8.46. The molecule has 4 aromatic rings. The number of nitrogens with zero attached hydrogens (tertiary/aromatic N) is 3. The lowest BCUT2D eigenvalue weighted by Gasteiger charge is -2.18. The maximum Gasteiger partial charge on any atom is 0.282 e. The molecule has 2 N–H and O–H groups in total. The van der Waals surface area contributed by atoms with E-state index in [1.165, 1.54) is 4.68 Å². The van der Waals surface area contributed by atoms with Gasteiger partial charge in [0, 0.05) is 5.56 Å². The van der Waals surface area contributed by atoms with Gasteiger partial charge in [0.05, 0.1) is 28.2 Å². The van der Waals surface area contributed by atoms with Crippen LogP contribution in [0.3, 0.4) is 0 Å². The number of fused-ring (bicyclic) bond motifs is 1. The number of rotatable bonds is 9. The van der Waals surface area contributed by atoms with Crippen molar-refractivity contribution in [2.24, 2.45) is 10.8 Å². The second-order valence-electron chi connectivity index (χ2n) is 9.05. The standard InChI is InChI=1S/C29H29BrN4O4/c1-5-37-26-12-18(4)22(14-21(26)17(2)3)28-33-24-9-7-6-8-20(24)29(36)34(28)32-15-19-10-11-25(23(30)13-19)38-16-27(31)35/h6-15,17H,5,16H2,1-4H3,(H2,31,35). The Morgan fingerprint density at radius 3 is 2.58 bits per heavy atom. The summed E-state index contributed by atoms with van der Waals surface area (Å²) in [6, 6.07) is 16.5. The van der Waals surface area contributed by atoms with E-state index >= 15 is 0 Å². The molecule has 0 saturated heterocycles. The zero-order valence-electron chi connectivity index (χ0n) is 21.7. The molecule has 1 heterocycles. The summed E-state index contributed by atoms with van der Waals surface area (Å²) in [4.78, 5) is 29.5. The highest BCUT2D eigenvalue weighted by atomic mass is 79.9. The number of ether oxygens (including phenoxy) is 2. The van der Waals surface area contributed by atoms with E-state index < -0.39 is 5.91 Å². The monoisotopic (exact) mass is 576 g/mol. The summed E-state index contributed by atoms with van der Waals surface area (Å²) in [5, 5.41) is 5.04. The van der Waals surface area contributed by atoms with Crippen molar-refractivity contribution in [3.05, 3.63) is 86.1 Å². The smallest absolute Gasteiger partial charge is 0.282 e. The van der Waals surface area contributed by atoms with E-state index in [0.29, 0.717) is 39.1 Å². The van der Waals surface area contributed by atoms with E-state index in [2.05, 4.69) is 34.9 Å². The van der Waals surface area contributed by atoms with Crippen molar-refractivity contribution in [2.75, 3.05) is 13.2 Å². The zero-order valence-corrected chi connectivity index (χ0v) is 23.3. The first-order chi connectivity index (χ1) is 18.2. The van der Waals surface area contributed by atoms with Gasteiger partial charge in [-0.05, 0) is 94.9 Å². The fourth-order valence-electron chi connectivity index (χ4n) is 4.06. The van der Waals surface area contributed by atoms with Crippen molar-refractivity contribution < 1.29 is 14.3 Å². The minimum absolute atomic E-state index is 0.202. The van der Waals surface area contributed by atoms with E-state index in [1.807, 2.05) is 38.1 Å². The third kappa shape index (κ3) is 5.78. The Labute approximate surface area is 229 Å². The number of benzene rings is 3. The summed E-state index contributed by atoms with van der Waals surface area (Å²) >= 11 is 3.44. The zero-order chi connectivity index (χ0) is 27.4. The lowest BCUT2D eigenvalue weighted by Crippen LogP contribution is -2.21. The summed E-state index contributed by atoms with van der Waals surface area (Å²) in [5.74, 6) is 1.37. The molecular weight excluding hydrogens is 548 g/mol. The minimum Gasteiger partial charge on any atom is -0.494 e. The molecule has 0 bridgehead atoms. The fraction of sp³-hybridized carbons (Fsp3) is 0.241. The average molecular weight is 577 g/mol. The van der Waals surface area contributed by atoms with Crippen molar-refractivity contribution in [2.45, 2.75) is 33.6 Å². The van der Waals surface area contributed by atoms with Crippen molar-refractivity contribution in [1.82, 2.24) is 9.66 Å². The molecule has 0 unspecified atom stereocenters. The highest BCUT2D eigenvalue weighted by Gasteiger charge is 2.18. The normalized spacial score (nSPS) is 11.4. The van der Waals surface area contributed by atoms with Gasteiger partial charge in [-0.2, -0.15) is 9.78 Å². The first kappa shape index (κ1) is 27.1. The number of nitrogens with two attached hydrogens (primary N) is 1. The predicted molar refractivity (Wildman–Crippen MR) is 153 cm³/mol. The van der Waals surface area contributed by atoms with E-state index in [0.717, 1.165) is 22.4 Å². The Morgan fingerprint density at radius 1 is 1.13 bits per heavy atom. The molecule has 0 spiro atoms. The van der Waals surface area contributed by atoms with Crippen molar-refractivity contribution in [1.29, 1.82) is 0 Å². The average Bonchev–Trinajstić information content (AvgIpc) is 2.87. The predicted octanol–water partition coefficient (Wildman–Crippen LogP) is 5.40. The topological polar surface area (TPSA) is 109 Å². The molecule has 1 aromatic heterocycles. The van der Waals surface area contributed by atoms with Gasteiger partial charge in [-0.25, -0.2) is 4.98 Å². The molecule has 4 rings (SSSR count). The van der Waals surface area contributed by atoms with Gasteiger partial charge in [-0.1, -0.05) is 26.0 Å². The highest BCUT2D eigenvalue weighted by Crippen LogP contribution is 2.34. The second kappa shape index (κ2) is 11.6. The van der Waals surface area contributed by atoms with E-state index in [-0.39, 0.29) is 18.1 Å². The van der Waals surface area contributed by atoms with Crippen molar-refractivity contribution in [3.8, 4) is 22.9 Å². The minimum atomic E-state index is -0.566. The molecule has 0 aliphatic heterocycles. The maximum atomic E-state index is 13.6. The Bertz CT molecular complexity index is 1590. The van der Waals surface area contributed by atoms with Crippen LogP contribution >= 0.6 is 15.9 Å². The number of hydrogen-bond acceptors (Lipinski definition) is 6. The lowest BCUT2D eigenvalue weighted by molar-refractivity contribution is -0.119. The van der Waals surface area contributed by atoms with Gasteiger partial charge in [0.25, 0.3) is 11.5 Å². The van der Waals surface area contributed by atoms with Crippen LogP contribution < -0.4 is 20.8 Å². The van der Waals surface area contributed by atoms with Crippen LogP contribution in [-0.2, 0) is 4.79 Å². The van der Waals surface area contributed by atoms with Crippen LogP contribution in [0.15, 0.2) is 69.0 Å². The number of para-hydroxylation sites is 1. The molecule has 3 aromatic carbocycles. The molecule has 0 aliphatic carbocycles. The number of aromatic nitrogens is 2. The van der Waals surface area contributed by atoms with Gasteiger partial charge in [-0.3, -0.25) is 9.59 Å². The molecule has 1 amide bonds. The van der Waals surface area contributed by atoms with Crippen LogP contribution in [0.5, 0.6) is 11.5 Å². The van der Waals surface area contributed by atoms with Crippen LogP contribution in [0.2, 0.25) is 0 Å². The Kier molecular flexibility index (Phi) is 8.26. The summed E-state index contributed by atoms with van der Waals surface area (Å²) in [7, 11) is 0. The number of halogens is 1. The van der Waals surface area contributed by atoms with Crippen LogP contribution in [0.1, 0.15) is 43.4 Å². The molecule has 0 saturated carbocycles. The molecule has 0 atom stereocenters.